The second-order valence-electron chi connectivity index (χ2n) is 3.24. The lowest BCUT2D eigenvalue weighted by Crippen LogP contribution is -2.08. The molecule has 1 rings (SSSR count). The molecule has 0 bridgehead atoms. The smallest absolute Gasteiger partial charge is 0.198 e. The van der Waals surface area contributed by atoms with Gasteiger partial charge in [0.25, 0.3) is 0 Å². The van der Waals surface area contributed by atoms with Gasteiger partial charge in [-0.25, -0.2) is 0 Å². The summed E-state index contributed by atoms with van der Waals surface area (Å²) in [5, 5.41) is 0. The predicted molar refractivity (Wildman–Crippen MR) is 59.1 cm³/mol. The summed E-state index contributed by atoms with van der Waals surface area (Å²) in [6.45, 7) is 5.01. The van der Waals surface area contributed by atoms with Gasteiger partial charge in [0.2, 0.25) is 0 Å². The van der Waals surface area contributed by atoms with E-state index >= 15 is 0 Å². The van der Waals surface area contributed by atoms with Gasteiger partial charge in [-0.3, -0.25) is 4.79 Å². The fourth-order valence-corrected chi connectivity index (χ4v) is 1.86. The molecule has 2 nitrogen and oxygen atoms in total. The van der Waals surface area contributed by atoms with Crippen LogP contribution in [0.15, 0.2) is 12.1 Å². The summed E-state index contributed by atoms with van der Waals surface area (Å²) in [7, 11) is 0. The lowest BCUT2D eigenvalue weighted by atomic mass is 10.3. The molecule has 0 N–H and O–H groups in total. The molecule has 0 fully saturated rings. The average Bonchev–Trinajstić information content (AvgIpc) is 2.59. The monoisotopic (exact) mass is 212 g/mol. The minimum absolute atomic E-state index is 0.0965. The van der Waals surface area contributed by atoms with Crippen molar-refractivity contribution in [2.45, 2.75) is 26.7 Å². The van der Waals surface area contributed by atoms with Gasteiger partial charge in [0.15, 0.2) is 5.78 Å². The molecule has 0 aliphatic rings. The van der Waals surface area contributed by atoms with E-state index in [9.17, 15) is 4.79 Å². The summed E-state index contributed by atoms with van der Waals surface area (Å²) in [5.41, 5.74) is 0. The molecule has 0 saturated carbocycles. The van der Waals surface area contributed by atoms with Crippen LogP contribution in [-0.4, -0.2) is 19.0 Å². The number of rotatable bonds is 6. The van der Waals surface area contributed by atoms with Gasteiger partial charge >= 0.3 is 0 Å². The Balaban J connectivity index is 2.29. The third-order valence-corrected chi connectivity index (χ3v) is 2.93. The van der Waals surface area contributed by atoms with Gasteiger partial charge in [0, 0.05) is 11.5 Å². The van der Waals surface area contributed by atoms with Crippen molar-refractivity contribution in [2.24, 2.45) is 0 Å². The highest BCUT2D eigenvalue weighted by molar-refractivity contribution is 7.14. The van der Waals surface area contributed by atoms with Gasteiger partial charge in [-0.2, -0.15) is 0 Å². The third-order valence-electron chi connectivity index (χ3n) is 1.89. The Morgan fingerprint density at radius 2 is 2.29 bits per heavy atom. The summed E-state index contributed by atoms with van der Waals surface area (Å²) in [4.78, 5) is 13.5. The van der Waals surface area contributed by atoms with Crippen LogP contribution in [0.1, 0.15) is 34.3 Å². The Labute approximate surface area is 88.9 Å². The van der Waals surface area contributed by atoms with E-state index in [4.69, 9.17) is 4.74 Å². The zero-order chi connectivity index (χ0) is 10.4. The number of hydrogen-bond donors (Lipinski definition) is 0. The maximum atomic E-state index is 11.5. The largest absolute Gasteiger partial charge is 0.373 e. The molecule has 0 aliphatic carbocycles. The molecule has 0 aromatic carbocycles. The molecule has 1 aromatic rings. The molecule has 0 unspecified atom stereocenters. The van der Waals surface area contributed by atoms with E-state index in [0.717, 1.165) is 17.7 Å². The van der Waals surface area contributed by atoms with Crippen LogP contribution in [0, 0.1) is 6.92 Å². The van der Waals surface area contributed by atoms with Gasteiger partial charge in [0.1, 0.15) is 6.61 Å². The predicted octanol–water partition coefficient (Wildman–Crippen LogP) is 3.06. The molecule has 14 heavy (non-hydrogen) atoms. The number of aryl methyl sites for hydroxylation is 1. The Morgan fingerprint density at radius 3 is 2.86 bits per heavy atom. The number of hydrogen-bond acceptors (Lipinski definition) is 3. The standard InChI is InChI=1S/C11H16O2S/c1-3-4-7-13-8-10(12)11-6-5-9(2)14-11/h5-6H,3-4,7-8H2,1-2H3. The lowest BCUT2D eigenvalue weighted by Gasteiger charge is -2.00. The van der Waals surface area contributed by atoms with Crippen molar-refractivity contribution in [2.75, 3.05) is 13.2 Å². The van der Waals surface area contributed by atoms with E-state index in [1.54, 1.807) is 0 Å². The van der Waals surface area contributed by atoms with E-state index in [-0.39, 0.29) is 12.4 Å². The molecule has 0 saturated heterocycles. The SMILES string of the molecule is CCCCOCC(=O)c1ccc(C)s1. The quantitative estimate of drug-likeness (QED) is 0.535. The Hall–Kier alpha value is -0.670. The summed E-state index contributed by atoms with van der Waals surface area (Å²) in [5.74, 6) is 0.0965. The van der Waals surface area contributed by atoms with E-state index < -0.39 is 0 Å². The first-order valence-electron chi connectivity index (χ1n) is 4.91. The fourth-order valence-electron chi connectivity index (χ4n) is 1.07. The lowest BCUT2D eigenvalue weighted by molar-refractivity contribution is 0.0759. The minimum atomic E-state index is 0.0965. The van der Waals surface area contributed by atoms with Gasteiger partial charge in [0.05, 0.1) is 4.88 Å². The van der Waals surface area contributed by atoms with E-state index in [0.29, 0.717) is 6.61 Å². The van der Waals surface area contributed by atoms with Crippen molar-refractivity contribution in [3.05, 3.63) is 21.9 Å². The highest BCUT2D eigenvalue weighted by Crippen LogP contribution is 2.15. The maximum Gasteiger partial charge on any atom is 0.198 e. The zero-order valence-electron chi connectivity index (χ0n) is 8.71. The second-order valence-corrected chi connectivity index (χ2v) is 4.53. The van der Waals surface area contributed by atoms with Gasteiger partial charge < -0.3 is 4.74 Å². The van der Waals surface area contributed by atoms with E-state index in [1.165, 1.54) is 16.2 Å². The first-order valence-corrected chi connectivity index (χ1v) is 5.73. The topological polar surface area (TPSA) is 26.3 Å². The van der Waals surface area contributed by atoms with E-state index in [2.05, 4.69) is 6.92 Å². The molecule has 1 heterocycles. The van der Waals surface area contributed by atoms with Gasteiger partial charge in [-0.15, -0.1) is 11.3 Å². The summed E-state index contributed by atoms with van der Waals surface area (Å²) >= 11 is 1.53. The summed E-state index contributed by atoms with van der Waals surface area (Å²) in [6, 6.07) is 3.83. The third kappa shape index (κ3) is 3.60. The molecule has 0 aliphatic heterocycles. The van der Waals surface area contributed by atoms with Crippen LogP contribution in [0.25, 0.3) is 0 Å². The molecular formula is C11H16O2S. The van der Waals surface area contributed by atoms with Crippen molar-refractivity contribution in [1.82, 2.24) is 0 Å². The van der Waals surface area contributed by atoms with Crippen molar-refractivity contribution in [3.8, 4) is 0 Å². The molecular weight excluding hydrogens is 196 g/mol. The van der Waals surface area contributed by atoms with E-state index in [1.807, 2.05) is 19.1 Å². The molecule has 1 aromatic heterocycles. The first kappa shape index (κ1) is 11.4. The second kappa shape index (κ2) is 5.94. The van der Waals surface area contributed by atoms with Crippen LogP contribution < -0.4 is 0 Å². The van der Waals surface area contributed by atoms with Gasteiger partial charge in [-0.05, 0) is 25.5 Å². The van der Waals surface area contributed by atoms with Crippen molar-refractivity contribution < 1.29 is 9.53 Å². The van der Waals surface area contributed by atoms with Crippen LogP contribution in [0.3, 0.4) is 0 Å². The van der Waals surface area contributed by atoms with Crippen molar-refractivity contribution in [3.63, 3.8) is 0 Å². The molecule has 0 spiro atoms. The minimum Gasteiger partial charge on any atom is -0.373 e. The average molecular weight is 212 g/mol. The normalized spacial score (nSPS) is 10.4. The summed E-state index contributed by atoms with van der Waals surface area (Å²) in [6.07, 6.45) is 2.13. The number of ketones is 1. The van der Waals surface area contributed by atoms with Crippen molar-refractivity contribution >= 4 is 17.1 Å². The zero-order valence-corrected chi connectivity index (χ0v) is 9.52. The van der Waals surface area contributed by atoms with Crippen molar-refractivity contribution in [1.29, 1.82) is 0 Å². The number of Topliss-reactive ketones (excluding diaryl/α,β-unsaturated/α-hetero) is 1. The molecule has 0 radical (unpaired) electrons. The first-order chi connectivity index (χ1) is 6.74. The van der Waals surface area contributed by atoms with Crippen LogP contribution in [-0.2, 0) is 4.74 Å². The Morgan fingerprint density at radius 1 is 1.50 bits per heavy atom. The molecule has 78 valence electrons. The number of carbonyl (C=O) groups excluding carboxylic acids is 1. The fraction of sp³-hybridized carbons (Fsp3) is 0.545. The number of ether oxygens (including phenoxy) is 1. The van der Waals surface area contributed by atoms with Crippen LogP contribution in [0.4, 0.5) is 0 Å². The molecule has 0 atom stereocenters. The maximum absolute atomic E-state index is 11.5. The molecule has 3 heteroatoms. The Bertz CT molecular complexity index is 291. The van der Waals surface area contributed by atoms with Gasteiger partial charge in [-0.1, -0.05) is 13.3 Å². The molecule has 0 amide bonds. The highest BCUT2D eigenvalue weighted by Gasteiger charge is 2.07. The van der Waals surface area contributed by atoms with Crippen LogP contribution in [0.2, 0.25) is 0 Å². The number of unbranched alkanes of at least 4 members (excludes halogenated alkanes) is 1. The van der Waals surface area contributed by atoms with Crippen LogP contribution in [0.5, 0.6) is 0 Å². The highest BCUT2D eigenvalue weighted by atomic mass is 32.1. The number of thiophene rings is 1. The number of carbonyl (C=O) groups is 1. The van der Waals surface area contributed by atoms with Crippen LogP contribution >= 0.6 is 11.3 Å². The summed E-state index contributed by atoms with van der Waals surface area (Å²) < 4.78 is 5.26. The Kier molecular flexibility index (Phi) is 4.84.